The predicted octanol–water partition coefficient (Wildman–Crippen LogP) is 2.87. The van der Waals surface area contributed by atoms with E-state index in [1.54, 1.807) is 0 Å². The Balaban J connectivity index is 2.05. The van der Waals surface area contributed by atoms with Crippen molar-refractivity contribution in [2.24, 2.45) is 0 Å². The summed E-state index contributed by atoms with van der Waals surface area (Å²) in [6.07, 6.45) is 5.42. The second kappa shape index (κ2) is 6.38. The van der Waals surface area contributed by atoms with Crippen molar-refractivity contribution in [1.29, 1.82) is 0 Å². The molecule has 0 aromatic heterocycles. The third-order valence-electron chi connectivity index (χ3n) is 3.24. The number of nitrogens with one attached hydrogen (secondary N) is 1. The molecule has 98 valence electrons. The molecule has 2 rings (SSSR count). The van der Waals surface area contributed by atoms with Gasteiger partial charge in [-0.1, -0.05) is 36.4 Å². The van der Waals surface area contributed by atoms with Gasteiger partial charge in [0.05, 0.1) is 6.10 Å². The van der Waals surface area contributed by atoms with E-state index >= 15 is 0 Å². The topological polar surface area (TPSA) is 32.3 Å². The highest BCUT2D eigenvalue weighted by molar-refractivity contribution is 5.83. The Labute approximate surface area is 114 Å². The molecule has 2 heteroatoms. The third kappa shape index (κ3) is 3.57. The minimum Gasteiger partial charge on any atom is -0.387 e. The van der Waals surface area contributed by atoms with Gasteiger partial charge in [0.25, 0.3) is 0 Å². The first-order valence-corrected chi connectivity index (χ1v) is 6.54. The maximum atomic E-state index is 10.2. The number of fused-ring (bicyclic) bond motifs is 1. The summed E-state index contributed by atoms with van der Waals surface area (Å²) in [5.74, 6) is 2.61. The molecule has 2 nitrogen and oxygen atoms in total. The van der Waals surface area contributed by atoms with Gasteiger partial charge in [-0.2, -0.15) is 0 Å². The Morgan fingerprint density at radius 2 is 1.95 bits per heavy atom. The molecule has 0 radical (unpaired) electrons. The van der Waals surface area contributed by atoms with E-state index in [4.69, 9.17) is 6.42 Å². The van der Waals surface area contributed by atoms with E-state index in [0.29, 0.717) is 13.0 Å². The molecule has 2 aromatic rings. The molecule has 19 heavy (non-hydrogen) atoms. The van der Waals surface area contributed by atoms with Crippen molar-refractivity contribution in [2.75, 3.05) is 6.54 Å². The molecule has 0 amide bonds. The van der Waals surface area contributed by atoms with Crippen molar-refractivity contribution >= 4 is 10.8 Å². The summed E-state index contributed by atoms with van der Waals surface area (Å²) >= 11 is 0. The van der Waals surface area contributed by atoms with Crippen LogP contribution < -0.4 is 5.32 Å². The summed E-state index contributed by atoms with van der Waals surface area (Å²) < 4.78 is 0. The van der Waals surface area contributed by atoms with Crippen LogP contribution in [0.15, 0.2) is 42.5 Å². The third-order valence-corrected chi connectivity index (χ3v) is 3.24. The lowest BCUT2D eigenvalue weighted by molar-refractivity contribution is 0.171. The Hall–Kier alpha value is -1.82. The number of rotatable bonds is 5. The second-order valence-corrected chi connectivity index (χ2v) is 4.84. The molecule has 0 aliphatic carbocycles. The summed E-state index contributed by atoms with van der Waals surface area (Å²) in [5, 5.41) is 15.8. The van der Waals surface area contributed by atoms with Crippen LogP contribution in [0.1, 0.15) is 25.0 Å². The lowest BCUT2D eigenvalue weighted by Gasteiger charge is -2.16. The van der Waals surface area contributed by atoms with E-state index in [0.717, 1.165) is 10.9 Å². The smallest absolute Gasteiger partial charge is 0.0914 e. The molecule has 2 unspecified atom stereocenters. The minimum absolute atomic E-state index is 0.222. The van der Waals surface area contributed by atoms with Crippen molar-refractivity contribution in [3.63, 3.8) is 0 Å². The number of hydrogen-bond acceptors (Lipinski definition) is 2. The van der Waals surface area contributed by atoms with Crippen LogP contribution in [0, 0.1) is 12.3 Å². The summed E-state index contributed by atoms with van der Waals surface area (Å²) in [6, 6.07) is 14.4. The highest BCUT2D eigenvalue weighted by Crippen LogP contribution is 2.20. The van der Waals surface area contributed by atoms with E-state index in [9.17, 15) is 5.11 Å². The van der Waals surface area contributed by atoms with Gasteiger partial charge in [0.2, 0.25) is 0 Å². The SMILES string of the molecule is C#CCC(C)NCC(O)c1ccc2ccccc2c1. The fourth-order valence-corrected chi connectivity index (χ4v) is 2.09. The number of aliphatic hydroxyl groups is 1. The molecule has 2 N–H and O–H groups in total. The van der Waals surface area contributed by atoms with Gasteiger partial charge in [-0.05, 0) is 29.3 Å². The van der Waals surface area contributed by atoms with Crippen molar-refractivity contribution in [1.82, 2.24) is 5.32 Å². The normalized spacial score (nSPS) is 13.9. The maximum absolute atomic E-state index is 10.2. The fourth-order valence-electron chi connectivity index (χ4n) is 2.09. The molecule has 0 fully saturated rings. The van der Waals surface area contributed by atoms with Gasteiger partial charge in [0.15, 0.2) is 0 Å². The van der Waals surface area contributed by atoms with Gasteiger partial charge in [-0.25, -0.2) is 0 Å². The number of benzene rings is 2. The van der Waals surface area contributed by atoms with Crippen LogP contribution in [0.25, 0.3) is 10.8 Å². The quantitative estimate of drug-likeness (QED) is 0.803. The van der Waals surface area contributed by atoms with E-state index in [2.05, 4.69) is 23.4 Å². The standard InChI is InChI=1S/C17H19NO/c1-3-6-13(2)18-12-17(19)16-10-9-14-7-4-5-8-15(14)11-16/h1,4-5,7-11,13,17-19H,6,12H2,2H3. The molecular formula is C17H19NO. The lowest BCUT2D eigenvalue weighted by Crippen LogP contribution is -2.30. The second-order valence-electron chi connectivity index (χ2n) is 4.84. The van der Waals surface area contributed by atoms with Crippen LogP contribution >= 0.6 is 0 Å². The van der Waals surface area contributed by atoms with Gasteiger partial charge in [0, 0.05) is 19.0 Å². The zero-order chi connectivity index (χ0) is 13.7. The van der Waals surface area contributed by atoms with Gasteiger partial charge in [-0.3, -0.25) is 0 Å². The summed E-state index contributed by atoms with van der Waals surface area (Å²) in [6.45, 7) is 2.54. The van der Waals surface area contributed by atoms with Gasteiger partial charge in [0.1, 0.15) is 0 Å². The zero-order valence-corrected chi connectivity index (χ0v) is 11.1. The Kier molecular flexibility index (Phi) is 4.57. The molecule has 0 spiro atoms. The van der Waals surface area contributed by atoms with Gasteiger partial charge in [-0.15, -0.1) is 12.3 Å². The molecule has 0 aliphatic heterocycles. The van der Waals surface area contributed by atoms with Crippen LogP contribution in [0.4, 0.5) is 0 Å². The van der Waals surface area contributed by atoms with E-state index in [1.165, 1.54) is 5.39 Å². The average Bonchev–Trinajstić information content (AvgIpc) is 2.44. The van der Waals surface area contributed by atoms with Crippen LogP contribution in [0.2, 0.25) is 0 Å². The number of hydrogen-bond donors (Lipinski definition) is 2. The van der Waals surface area contributed by atoms with Gasteiger partial charge < -0.3 is 10.4 Å². The van der Waals surface area contributed by atoms with Crippen LogP contribution in [0.3, 0.4) is 0 Å². The molecule has 0 bridgehead atoms. The zero-order valence-electron chi connectivity index (χ0n) is 11.1. The molecular weight excluding hydrogens is 234 g/mol. The molecule has 0 aliphatic rings. The average molecular weight is 253 g/mol. The fraction of sp³-hybridized carbons (Fsp3) is 0.294. The summed E-state index contributed by atoms with van der Waals surface area (Å²) in [7, 11) is 0. The van der Waals surface area contributed by atoms with Crippen LogP contribution in [0.5, 0.6) is 0 Å². The molecule has 0 heterocycles. The highest BCUT2D eigenvalue weighted by Gasteiger charge is 2.09. The predicted molar refractivity (Wildman–Crippen MR) is 79.8 cm³/mol. The summed E-state index contributed by atoms with van der Waals surface area (Å²) in [5.41, 5.74) is 0.930. The molecule has 2 atom stereocenters. The largest absolute Gasteiger partial charge is 0.387 e. The van der Waals surface area contributed by atoms with Crippen molar-refractivity contribution in [3.05, 3.63) is 48.0 Å². The van der Waals surface area contributed by atoms with E-state index < -0.39 is 6.10 Å². The monoisotopic (exact) mass is 253 g/mol. The Bertz CT molecular complexity index is 585. The highest BCUT2D eigenvalue weighted by atomic mass is 16.3. The maximum Gasteiger partial charge on any atom is 0.0914 e. The minimum atomic E-state index is -0.509. The molecule has 0 saturated carbocycles. The first-order valence-electron chi connectivity index (χ1n) is 6.54. The molecule has 0 saturated heterocycles. The summed E-state index contributed by atoms with van der Waals surface area (Å²) in [4.78, 5) is 0. The number of aliphatic hydroxyl groups excluding tert-OH is 1. The van der Waals surface area contributed by atoms with E-state index in [-0.39, 0.29) is 6.04 Å². The lowest BCUT2D eigenvalue weighted by atomic mass is 10.0. The van der Waals surface area contributed by atoms with E-state index in [1.807, 2.05) is 37.3 Å². The van der Waals surface area contributed by atoms with Crippen molar-refractivity contribution < 1.29 is 5.11 Å². The Morgan fingerprint density at radius 3 is 2.68 bits per heavy atom. The van der Waals surface area contributed by atoms with Gasteiger partial charge >= 0.3 is 0 Å². The van der Waals surface area contributed by atoms with Crippen LogP contribution in [-0.2, 0) is 0 Å². The first-order chi connectivity index (χ1) is 9.20. The molecule has 2 aromatic carbocycles. The van der Waals surface area contributed by atoms with Crippen molar-refractivity contribution in [2.45, 2.75) is 25.5 Å². The van der Waals surface area contributed by atoms with Crippen molar-refractivity contribution in [3.8, 4) is 12.3 Å². The van der Waals surface area contributed by atoms with Crippen LogP contribution in [-0.4, -0.2) is 17.7 Å². The Morgan fingerprint density at radius 1 is 1.21 bits per heavy atom. The first kappa shape index (κ1) is 13.6. The number of terminal acetylenes is 1.